The van der Waals surface area contributed by atoms with E-state index in [0.29, 0.717) is 13.1 Å². The molecular formula is C17H24N6O2. The van der Waals surface area contributed by atoms with Crippen LogP contribution in [0, 0.1) is 0 Å². The number of nitrogens with one attached hydrogen (secondary N) is 1. The summed E-state index contributed by atoms with van der Waals surface area (Å²) in [6.45, 7) is 4.58. The standard InChI is InChI=1S/C17H24N6O2/c1-18-17(22(2)13-15-4-8-25-21-15)20-12-14-3-5-19-16(11-14)23-6-9-24-10-7-23/h3-5,8,11H,6-7,9-10,12-13H2,1-2H3,(H,18,20). The van der Waals surface area contributed by atoms with Crippen LogP contribution in [0.2, 0.25) is 0 Å². The largest absolute Gasteiger partial charge is 0.378 e. The van der Waals surface area contributed by atoms with Gasteiger partial charge in [0, 0.05) is 46.0 Å². The molecular weight excluding hydrogens is 320 g/mol. The van der Waals surface area contributed by atoms with Crippen molar-refractivity contribution in [3.8, 4) is 0 Å². The summed E-state index contributed by atoms with van der Waals surface area (Å²) in [5, 5.41) is 7.31. The van der Waals surface area contributed by atoms with E-state index >= 15 is 0 Å². The molecule has 1 fully saturated rings. The Bertz CT molecular complexity index is 682. The minimum atomic E-state index is 0.631. The van der Waals surface area contributed by atoms with Crippen LogP contribution in [0.4, 0.5) is 5.82 Å². The fourth-order valence-corrected chi connectivity index (χ4v) is 2.74. The van der Waals surface area contributed by atoms with Crippen molar-refractivity contribution >= 4 is 11.8 Å². The van der Waals surface area contributed by atoms with E-state index in [4.69, 9.17) is 9.26 Å². The summed E-state index contributed by atoms with van der Waals surface area (Å²) in [5.74, 6) is 1.79. The molecule has 3 heterocycles. The molecule has 1 aliphatic rings. The highest BCUT2D eigenvalue weighted by molar-refractivity contribution is 5.79. The van der Waals surface area contributed by atoms with Crippen LogP contribution in [0.1, 0.15) is 11.3 Å². The summed E-state index contributed by atoms with van der Waals surface area (Å²) in [5.41, 5.74) is 2.02. The lowest BCUT2D eigenvalue weighted by atomic mass is 10.2. The Morgan fingerprint density at radius 2 is 2.20 bits per heavy atom. The van der Waals surface area contributed by atoms with Gasteiger partial charge in [0.25, 0.3) is 0 Å². The summed E-state index contributed by atoms with van der Waals surface area (Å²) in [4.78, 5) is 13.1. The number of rotatable bonds is 5. The first-order valence-electron chi connectivity index (χ1n) is 8.35. The van der Waals surface area contributed by atoms with Gasteiger partial charge in [-0.3, -0.25) is 4.99 Å². The van der Waals surface area contributed by atoms with Crippen LogP contribution in [0.15, 0.2) is 40.2 Å². The van der Waals surface area contributed by atoms with E-state index in [1.807, 2.05) is 30.3 Å². The highest BCUT2D eigenvalue weighted by atomic mass is 16.5. The zero-order valence-electron chi connectivity index (χ0n) is 14.7. The minimum absolute atomic E-state index is 0.631. The Hall–Kier alpha value is -2.61. The highest BCUT2D eigenvalue weighted by Crippen LogP contribution is 2.14. The molecule has 2 aromatic heterocycles. The maximum atomic E-state index is 5.40. The van der Waals surface area contributed by atoms with E-state index in [2.05, 4.69) is 31.4 Å². The highest BCUT2D eigenvalue weighted by Gasteiger charge is 2.13. The number of pyridine rings is 1. The summed E-state index contributed by atoms with van der Waals surface area (Å²) in [7, 11) is 3.74. The molecule has 0 atom stereocenters. The number of guanidine groups is 1. The lowest BCUT2D eigenvalue weighted by molar-refractivity contribution is 0.122. The van der Waals surface area contributed by atoms with Crippen molar-refractivity contribution in [1.82, 2.24) is 20.4 Å². The number of hydrogen-bond donors (Lipinski definition) is 1. The molecule has 0 spiro atoms. The average molecular weight is 344 g/mol. The fraction of sp³-hybridized carbons (Fsp3) is 0.471. The number of aliphatic imine (C=N–C) groups is 1. The maximum Gasteiger partial charge on any atom is 0.194 e. The molecule has 1 aliphatic heterocycles. The third-order valence-corrected chi connectivity index (χ3v) is 4.06. The van der Waals surface area contributed by atoms with Gasteiger partial charge in [-0.15, -0.1) is 0 Å². The summed E-state index contributed by atoms with van der Waals surface area (Å²) in [6.07, 6.45) is 3.42. The van der Waals surface area contributed by atoms with Crippen molar-refractivity contribution < 1.29 is 9.26 Å². The quantitative estimate of drug-likeness (QED) is 0.643. The van der Waals surface area contributed by atoms with Crippen molar-refractivity contribution in [3.05, 3.63) is 41.9 Å². The van der Waals surface area contributed by atoms with Crippen molar-refractivity contribution in [1.29, 1.82) is 0 Å². The van der Waals surface area contributed by atoms with Crippen molar-refractivity contribution in [3.63, 3.8) is 0 Å². The molecule has 8 nitrogen and oxygen atoms in total. The molecule has 0 aliphatic carbocycles. The average Bonchev–Trinajstić information content (AvgIpc) is 3.16. The Balaban J connectivity index is 1.58. The van der Waals surface area contributed by atoms with Crippen molar-refractivity contribution in [2.45, 2.75) is 13.1 Å². The number of ether oxygens (including phenoxy) is 1. The number of anilines is 1. The van der Waals surface area contributed by atoms with Crippen LogP contribution < -0.4 is 10.2 Å². The van der Waals surface area contributed by atoms with Crippen LogP contribution in [0.5, 0.6) is 0 Å². The molecule has 0 bridgehead atoms. The SMILES string of the molecule is CN=C(NCc1ccnc(N2CCOCC2)c1)N(C)Cc1ccon1. The van der Waals surface area contributed by atoms with Crippen LogP contribution in [-0.4, -0.2) is 61.4 Å². The van der Waals surface area contributed by atoms with E-state index in [1.54, 1.807) is 13.3 Å². The molecule has 0 radical (unpaired) electrons. The first kappa shape index (κ1) is 17.2. The van der Waals surface area contributed by atoms with E-state index in [0.717, 1.165) is 49.3 Å². The van der Waals surface area contributed by atoms with Gasteiger partial charge < -0.3 is 24.4 Å². The van der Waals surface area contributed by atoms with Gasteiger partial charge >= 0.3 is 0 Å². The first-order valence-corrected chi connectivity index (χ1v) is 8.35. The van der Waals surface area contributed by atoms with Gasteiger partial charge in [0.1, 0.15) is 17.8 Å². The van der Waals surface area contributed by atoms with E-state index < -0.39 is 0 Å². The van der Waals surface area contributed by atoms with Gasteiger partial charge in [-0.05, 0) is 17.7 Å². The number of aromatic nitrogens is 2. The van der Waals surface area contributed by atoms with Crippen LogP contribution in [0.3, 0.4) is 0 Å². The molecule has 8 heteroatoms. The van der Waals surface area contributed by atoms with Crippen molar-refractivity contribution in [2.24, 2.45) is 4.99 Å². The topological polar surface area (TPSA) is 79.0 Å². The zero-order valence-corrected chi connectivity index (χ0v) is 14.7. The maximum absolute atomic E-state index is 5.40. The molecule has 134 valence electrons. The summed E-state index contributed by atoms with van der Waals surface area (Å²) < 4.78 is 10.3. The molecule has 2 aromatic rings. The normalized spacial score (nSPS) is 15.3. The Morgan fingerprint density at radius 1 is 1.36 bits per heavy atom. The number of nitrogens with zero attached hydrogens (tertiary/aromatic N) is 5. The molecule has 1 N–H and O–H groups in total. The molecule has 0 saturated carbocycles. The lowest BCUT2D eigenvalue weighted by Crippen LogP contribution is -2.38. The molecule has 0 aromatic carbocycles. The second-order valence-corrected chi connectivity index (χ2v) is 5.87. The van der Waals surface area contributed by atoms with E-state index in [9.17, 15) is 0 Å². The van der Waals surface area contributed by atoms with Crippen LogP contribution in [-0.2, 0) is 17.8 Å². The Morgan fingerprint density at radius 3 is 2.92 bits per heavy atom. The summed E-state index contributed by atoms with van der Waals surface area (Å²) >= 11 is 0. The smallest absolute Gasteiger partial charge is 0.194 e. The monoisotopic (exact) mass is 344 g/mol. The molecule has 0 unspecified atom stereocenters. The second-order valence-electron chi connectivity index (χ2n) is 5.87. The number of morpholine rings is 1. The van der Waals surface area contributed by atoms with Gasteiger partial charge in [0.15, 0.2) is 5.96 Å². The lowest BCUT2D eigenvalue weighted by Gasteiger charge is -2.28. The van der Waals surface area contributed by atoms with Crippen LogP contribution >= 0.6 is 0 Å². The first-order chi connectivity index (χ1) is 12.3. The van der Waals surface area contributed by atoms with Crippen molar-refractivity contribution in [2.75, 3.05) is 45.3 Å². The van der Waals surface area contributed by atoms with Gasteiger partial charge in [0.05, 0.1) is 19.8 Å². The fourth-order valence-electron chi connectivity index (χ4n) is 2.74. The summed E-state index contributed by atoms with van der Waals surface area (Å²) in [6, 6.07) is 5.98. The van der Waals surface area contributed by atoms with E-state index in [-0.39, 0.29) is 0 Å². The molecule has 0 amide bonds. The van der Waals surface area contributed by atoms with Gasteiger partial charge in [0.2, 0.25) is 0 Å². The van der Waals surface area contributed by atoms with Gasteiger partial charge in [-0.2, -0.15) is 0 Å². The molecule has 25 heavy (non-hydrogen) atoms. The number of hydrogen-bond acceptors (Lipinski definition) is 6. The molecule has 1 saturated heterocycles. The third-order valence-electron chi connectivity index (χ3n) is 4.06. The van der Waals surface area contributed by atoms with Crippen LogP contribution in [0.25, 0.3) is 0 Å². The minimum Gasteiger partial charge on any atom is -0.378 e. The third kappa shape index (κ3) is 4.69. The van der Waals surface area contributed by atoms with Gasteiger partial charge in [-0.1, -0.05) is 5.16 Å². The van der Waals surface area contributed by atoms with E-state index in [1.165, 1.54) is 0 Å². The Labute approximate surface area is 147 Å². The zero-order chi connectivity index (χ0) is 17.5. The second kappa shape index (κ2) is 8.48. The predicted octanol–water partition coefficient (Wildman–Crippen LogP) is 1.11. The van der Waals surface area contributed by atoms with Gasteiger partial charge in [-0.25, -0.2) is 4.98 Å². The Kier molecular flexibility index (Phi) is 5.84. The molecule has 3 rings (SSSR count). The predicted molar refractivity (Wildman–Crippen MR) is 95.4 cm³/mol.